The summed E-state index contributed by atoms with van der Waals surface area (Å²) in [7, 11) is 0. The highest BCUT2D eigenvalue weighted by Crippen LogP contribution is 2.56. The second kappa shape index (κ2) is 21.3. The second-order valence-corrected chi connectivity index (χ2v) is 19.4. The molecule has 0 heteroatoms. The van der Waals surface area contributed by atoms with Crippen LogP contribution < -0.4 is 0 Å². The van der Waals surface area contributed by atoms with Crippen LogP contribution in [0.1, 0.15) is 66.8 Å². The quantitative estimate of drug-likeness (QED) is 0.154. The Bertz CT molecular complexity index is 3730. The predicted octanol–water partition coefficient (Wildman–Crippen LogP) is 18.7. The molecule has 11 aromatic rings. The molecule has 2 aliphatic rings. The first-order valence-corrected chi connectivity index (χ1v) is 25.4. The van der Waals surface area contributed by atoms with Crippen LogP contribution in [-0.2, 0) is 11.8 Å². The van der Waals surface area contributed by atoms with Crippen LogP contribution in [0.3, 0.4) is 0 Å². The number of hydrogen-bond donors (Lipinski definition) is 0. The first kappa shape index (κ1) is 47.9. The number of fused-ring (bicyclic) bond motifs is 7. The standard InChI is InChI=1S/C26H20.C21H20.C14H12.C12H8/c1-19-16-17-23-22-14-8-9-15-24(22)26(25(23)18-19,20-10-4-2-5-11-20)21-12-6-3-7-13-21;1-15-7-6-9-18(13-15)19-12-11-17(3)21(14-19)20-10-5-4-8-16(20)2;1-10-5-4-8-13-12-7-3-2-6-11(12)9-14(10)13;1-2-10-7-8-11-5-3-4-6-12(11)9-10/h2-18H,1H3;4-14H,1-3H3;2-8H,9H2,1H3;1,3-9H. The van der Waals surface area contributed by atoms with Crippen molar-refractivity contribution in [3.8, 4) is 56.9 Å². The van der Waals surface area contributed by atoms with Crippen molar-refractivity contribution >= 4 is 10.8 Å². The molecule has 73 heavy (non-hydrogen) atoms. The fraction of sp³-hybridized carbons (Fsp3) is 0.0959. The number of terminal acetylenes is 1. The minimum absolute atomic E-state index is 0.263. The van der Waals surface area contributed by atoms with Gasteiger partial charge in [0.15, 0.2) is 0 Å². The Balaban J connectivity index is 0.000000117. The Morgan fingerprint density at radius 1 is 0.342 bits per heavy atom. The molecule has 0 saturated carbocycles. The molecular weight excluding hydrogens is 877 g/mol. The van der Waals surface area contributed by atoms with E-state index in [2.05, 4.69) is 265 Å². The largest absolute Gasteiger partial charge is 0.115 e. The number of aryl methyl sites for hydroxylation is 5. The summed E-state index contributed by atoms with van der Waals surface area (Å²) in [5.41, 5.74) is 26.5. The minimum atomic E-state index is -0.263. The van der Waals surface area contributed by atoms with Crippen LogP contribution in [0.25, 0.3) is 55.3 Å². The third-order valence-corrected chi connectivity index (χ3v) is 14.6. The van der Waals surface area contributed by atoms with Crippen molar-refractivity contribution in [1.82, 2.24) is 0 Å². The van der Waals surface area contributed by atoms with Gasteiger partial charge in [0.2, 0.25) is 0 Å². The van der Waals surface area contributed by atoms with Gasteiger partial charge in [0, 0.05) is 5.56 Å². The summed E-state index contributed by atoms with van der Waals surface area (Å²) in [5.74, 6) is 2.62. The molecule has 0 fully saturated rings. The van der Waals surface area contributed by atoms with Crippen LogP contribution in [0.15, 0.2) is 255 Å². The summed E-state index contributed by atoms with van der Waals surface area (Å²) in [6, 6.07) is 91.1. The Morgan fingerprint density at radius 3 is 1.63 bits per heavy atom. The van der Waals surface area contributed by atoms with Gasteiger partial charge in [-0.15, -0.1) is 6.42 Å². The summed E-state index contributed by atoms with van der Waals surface area (Å²) >= 11 is 0. The summed E-state index contributed by atoms with van der Waals surface area (Å²) < 4.78 is 0. The molecule has 13 rings (SSSR count). The van der Waals surface area contributed by atoms with Crippen molar-refractivity contribution < 1.29 is 0 Å². The van der Waals surface area contributed by atoms with Crippen LogP contribution in [-0.4, -0.2) is 0 Å². The Kier molecular flexibility index (Phi) is 14.0. The van der Waals surface area contributed by atoms with E-state index < -0.39 is 0 Å². The average Bonchev–Trinajstić information content (AvgIpc) is 3.97. The van der Waals surface area contributed by atoms with Crippen molar-refractivity contribution in [1.29, 1.82) is 0 Å². The van der Waals surface area contributed by atoms with Gasteiger partial charge < -0.3 is 0 Å². The highest BCUT2D eigenvalue weighted by atomic mass is 14.5. The molecule has 352 valence electrons. The number of rotatable bonds is 4. The Labute approximate surface area is 433 Å². The fourth-order valence-corrected chi connectivity index (χ4v) is 10.9. The third kappa shape index (κ3) is 9.72. The average molecular weight is 937 g/mol. The maximum atomic E-state index is 5.29. The highest BCUT2D eigenvalue weighted by molar-refractivity contribution is 5.87. The van der Waals surface area contributed by atoms with Gasteiger partial charge in [0.05, 0.1) is 5.41 Å². The van der Waals surface area contributed by atoms with Crippen LogP contribution in [0.4, 0.5) is 0 Å². The zero-order valence-electron chi connectivity index (χ0n) is 42.5. The molecule has 0 aliphatic heterocycles. The predicted molar refractivity (Wildman–Crippen MR) is 311 cm³/mol. The van der Waals surface area contributed by atoms with Gasteiger partial charge in [-0.05, 0) is 165 Å². The molecule has 0 unspecified atom stereocenters. The Hall–Kier alpha value is -8.76. The summed E-state index contributed by atoms with van der Waals surface area (Å²) in [4.78, 5) is 0. The van der Waals surface area contributed by atoms with E-state index in [4.69, 9.17) is 6.42 Å². The molecule has 0 nitrogen and oxygen atoms in total. The molecule has 0 heterocycles. The van der Waals surface area contributed by atoms with Gasteiger partial charge in [-0.2, -0.15) is 0 Å². The molecule has 0 saturated heterocycles. The third-order valence-electron chi connectivity index (χ3n) is 14.6. The lowest BCUT2D eigenvalue weighted by Crippen LogP contribution is -2.28. The van der Waals surface area contributed by atoms with Crippen molar-refractivity contribution in [3.63, 3.8) is 0 Å². The normalized spacial score (nSPS) is 11.9. The molecular formula is C73H60. The van der Waals surface area contributed by atoms with Crippen molar-refractivity contribution in [3.05, 3.63) is 322 Å². The maximum absolute atomic E-state index is 5.29. The van der Waals surface area contributed by atoms with Gasteiger partial charge >= 0.3 is 0 Å². The van der Waals surface area contributed by atoms with Gasteiger partial charge in [-0.1, -0.05) is 254 Å². The topological polar surface area (TPSA) is 0 Å². The number of hydrogen-bond acceptors (Lipinski definition) is 0. The maximum Gasteiger partial charge on any atom is 0.0713 e. The van der Waals surface area contributed by atoms with E-state index in [-0.39, 0.29) is 5.41 Å². The molecule has 0 radical (unpaired) electrons. The summed E-state index contributed by atoms with van der Waals surface area (Å²) in [6.07, 6.45) is 6.40. The van der Waals surface area contributed by atoms with Gasteiger partial charge in [0.25, 0.3) is 0 Å². The van der Waals surface area contributed by atoms with Crippen LogP contribution in [0, 0.1) is 47.0 Å². The van der Waals surface area contributed by atoms with E-state index in [0.717, 1.165) is 12.0 Å². The monoisotopic (exact) mass is 936 g/mol. The molecule has 0 aromatic heterocycles. The lowest BCUT2D eigenvalue weighted by molar-refractivity contribution is 0.767. The van der Waals surface area contributed by atoms with E-state index in [1.54, 1.807) is 0 Å². The molecule has 0 N–H and O–H groups in total. The zero-order valence-corrected chi connectivity index (χ0v) is 42.5. The number of benzene rings is 11. The van der Waals surface area contributed by atoms with Crippen LogP contribution in [0.2, 0.25) is 0 Å². The summed E-state index contributed by atoms with van der Waals surface area (Å²) in [5, 5.41) is 2.43. The van der Waals surface area contributed by atoms with E-state index >= 15 is 0 Å². The Morgan fingerprint density at radius 2 is 0.904 bits per heavy atom. The summed E-state index contributed by atoms with van der Waals surface area (Å²) in [6.45, 7) is 10.9. The highest BCUT2D eigenvalue weighted by Gasteiger charge is 2.45. The van der Waals surface area contributed by atoms with Gasteiger partial charge in [-0.3, -0.25) is 0 Å². The van der Waals surface area contributed by atoms with Crippen molar-refractivity contribution in [2.45, 2.75) is 46.5 Å². The lowest BCUT2D eigenvalue weighted by atomic mass is 9.67. The second-order valence-electron chi connectivity index (χ2n) is 19.4. The van der Waals surface area contributed by atoms with E-state index in [9.17, 15) is 0 Å². The molecule has 11 aromatic carbocycles. The molecule has 0 amide bonds. The first-order chi connectivity index (χ1) is 35.7. The first-order valence-electron chi connectivity index (χ1n) is 25.4. The van der Waals surface area contributed by atoms with Crippen molar-refractivity contribution in [2.24, 2.45) is 0 Å². The molecule has 0 bridgehead atoms. The van der Waals surface area contributed by atoms with Crippen LogP contribution in [0.5, 0.6) is 0 Å². The molecule has 0 spiro atoms. The van der Waals surface area contributed by atoms with E-state index in [1.807, 2.05) is 30.3 Å². The SMILES string of the molecule is C#Cc1ccc2ccccc2c1.Cc1ccc2c(c1)C(c1ccccc1)(c1ccccc1)c1ccccc1-2.Cc1cccc(-c2ccc(C)c(-c3ccccc3C)c2)c1.Cc1cccc2c1Cc1ccccc1-2. The molecule has 0 atom stereocenters. The smallest absolute Gasteiger partial charge is 0.0713 e. The zero-order chi connectivity index (χ0) is 50.3. The minimum Gasteiger partial charge on any atom is -0.115 e. The fourth-order valence-electron chi connectivity index (χ4n) is 10.9. The van der Waals surface area contributed by atoms with Crippen molar-refractivity contribution in [2.75, 3.05) is 0 Å². The van der Waals surface area contributed by atoms with Gasteiger partial charge in [0.1, 0.15) is 0 Å². The molecule has 2 aliphatic carbocycles. The van der Waals surface area contributed by atoms with Gasteiger partial charge in [-0.25, -0.2) is 0 Å². The van der Waals surface area contributed by atoms with E-state index in [0.29, 0.717) is 0 Å². The van der Waals surface area contributed by atoms with Crippen LogP contribution >= 0.6 is 0 Å². The van der Waals surface area contributed by atoms with E-state index in [1.165, 1.54) is 116 Å². The lowest BCUT2D eigenvalue weighted by Gasteiger charge is -2.34.